The number of nitrogens with two attached hydrogens (primary N) is 4. The van der Waals surface area contributed by atoms with Gasteiger partial charge < -0.3 is 53.4 Å². The Morgan fingerprint density at radius 2 is 1.10 bits per heavy atom. The molecule has 2 atom stereocenters. The topological polar surface area (TPSA) is 331 Å². The fourth-order valence-electron chi connectivity index (χ4n) is 1.33. The van der Waals surface area contributed by atoms with Crippen LogP contribution in [0.1, 0.15) is 25.7 Å². The average molecular weight is 485 g/mol. The van der Waals surface area contributed by atoms with E-state index in [1.165, 1.54) is 0 Å². The minimum absolute atomic E-state index is 0. The number of carbonyl (C=O) groups excluding carboxylic acids is 2. The van der Waals surface area contributed by atoms with Crippen LogP contribution in [0.3, 0.4) is 0 Å². The second-order valence-corrected chi connectivity index (χ2v) is 6.16. The van der Waals surface area contributed by atoms with Crippen molar-refractivity contribution < 1.29 is 37.3 Å². The van der Waals surface area contributed by atoms with E-state index in [4.69, 9.17) is 51.3 Å². The van der Waals surface area contributed by atoms with Crippen LogP contribution in [0.15, 0.2) is 0 Å². The minimum atomic E-state index is -4.67. The van der Waals surface area contributed by atoms with Gasteiger partial charge in [0, 0.05) is 25.2 Å². The van der Waals surface area contributed by atoms with Crippen molar-refractivity contribution in [2.24, 2.45) is 22.9 Å². The van der Waals surface area contributed by atoms with Crippen LogP contribution in [0.5, 0.6) is 0 Å². The van der Waals surface area contributed by atoms with E-state index in [1.54, 1.807) is 0 Å². The van der Waals surface area contributed by atoms with Gasteiger partial charge in [-0.15, -0.1) is 0 Å². The predicted octanol–water partition coefficient (Wildman–Crippen LogP) is -6.38. The molecule has 0 aromatic heterocycles. The summed E-state index contributed by atoms with van der Waals surface area (Å²) in [5.74, 6) is -2.76. The van der Waals surface area contributed by atoms with Gasteiger partial charge in [-0.25, -0.2) is 0 Å². The maximum absolute atomic E-state index is 10.1. The summed E-state index contributed by atoms with van der Waals surface area (Å²) in [7, 11) is -4.67. The van der Waals surface area contributed by atoms with E-state index in [2.05, 4.69) is 10.6 Å². The van der Waals surface area contributed by atoms with Gasteiger partial charge in [-0.3, -0.25) is 19.9 Å². The molecule has 2 unspecified atom stereocenters. The number of hydrogen-bond acceptors (Lipinski definition) is 10. The first-order valence-electron chi connectivity index (χ1n) is 7.86. The van der Waals surface area contributed by atoms with Crippen LogP contribution in [0, 0.1) is 10.8 Å². The van der Waals surface area contributed by atoms with Crippen molar-refractivity contribution in [2.45, 2.75) is 37.8 Å². The number of carboxylic acids is 2. The Balaban J connectivity index is -0.000000180. The molecule has 0 aromatic carbocycles. The molecule has 0 aliphatic heterocycles. The first kappa shape index (κ1) is 35.9. The third kappa shape index (κ3) is 41.0. The van der Waals surface area contributed by atoms with Crippen LogP contribution in [0.2, 0.25) is 0 Å². The summed E-state index contributed by atoms with van der Waals surface area (Å²) in [5, 5.41) is 38.8. The molecule has 0 fully saturated rings. The van der Waals surface area contributed by atoms with Gasteiger partial charge in [0.2, 0.25) is 0 Å². The average Bonchev–Trinajstić information content (AvgIpc) is 2.53. The molecule has 0 amide bonds. The number of aliphatic carboxylic acids is 2. The fourth-order valence-corrected chi connectivity index (χ4v) is 1.33. The Morgan fingerprint density at radius 1 is 0.867 bits per heavy atom. The molecule has 14 N–H and O–H groups in total. The van der Waals surface area contributed by atoms with E-state index >= 15 is 0 Å². The van der Waals surface area contributed by atoms with E-state index in [0.717, 1.165) is 0 Å². The first-order chi connectivity index (χ1) is 13.1. The van der Waals surface area contributed by atoms with Gasteiger partial charge in [-0.1, -0.05) is 0 Å². The zero-order valence-corrected chi connectivity index (χ0v) is 19.2. The third-order valence-corrected chi connectivity index (χ3v) is 2.62. The molecule has 172 valence electrons. The van der Waals surface area contributed by atoms with Gasteiger partial charge in [0.05, 0.1) is 11.9 Å². The van der Waals surface area contributed by atoms with Crippen molar-refractivity contribution in [1.29, 1.82) is 10.8 Å². The summed E-state index contributed by atoms with van der Waals surface area (Å²) in [6, 6.07) is -1.86. The van der Waals surface area contributed by atoms with Crippen molar-refractivity contribution in [1.82, 2.24) is 10.6 Å². The first-order valence-corrected chi connectivity index (χ1v) is 9.26. The molecule has 18 heteroatoms. The second-order valence-electron chi connectivity index (χ2n) is 5.26. The monoisotopic (exact) mass is 484 g/mol. The number of carbonyl (C=O) groups is 2. The Morgan fingerprint density at radius 3 is 1.27 bits per heavy atom. The van der Waals surface area contributed by atoms with Crippen molar-refractivity contribution in [2.75, 3.05) is 13.1 Å². The minimum Gasteiger partial charge on any atom is -0.548 e. The number of guanidine groups is 2. The Hall–Kier alpha value is -1.47. The molecule has 30 heavy (non-hydrogen) atoms. The van der Waals surface area contributed by atoms with Gasteiger partial charge in [-0.2, -0.15) is 8.42 Å². The van der Waals surface area contributed by atoms with Crippen LogP contribution < -0.4 is 43.8 Å². The normalized spacial score (nSPS) is 11.6. The van der Waals surface area contributed by atoms with Gasteiger partial charge in [-0.05, 0) is 25.7 Å². The summed E-state index contributed by atoms with van der Waals surface area (Å²) in [5.41, 5.74) is 20.3. The van der Waals surface area contributed by atoms with Crippen LogP contribution in [-0.4, -0.2) is 104 Å². The Labute approximate surface area is 203 Å². The molecular weight excluding hydrogens is 456 g/mol. The zero-order chi connectivity index (χ0) is 23.6. The quantitative estimate of drug-likeness (QED) is 0.0453. The summed E-state index contributed by atoms with van der Waals surface area (Å²) >= 11 is 0. The van der Waals surface area contributed by atoms with Gasteiger partial charge >= 0.3 is 48.1 Å². The Kier molecular flexibility index (Phi) is 24.9. The van der Waals surface area contributed by atoms with Gasteiger partial charge in [0.15, 0.2) is 11.9 Å². The van der Waals surface area contributed by atoms with Gasteiger partial charge in [0.1, 0.15) is 0 Å². The SMILES string of the molecule is N=C(N)NCCCC(N)C(=O)[O-].N=C(N)NCCCC(N)C(=O)[O-].O=S(=O)(O)O.[Ca+2]. The predicted molar refractivity (Wildman–Crippen MR) is 104 cm³/mol. The molecule has 0 saturated carbocycles. The van der Waals surface area contributed by atoms with Crippen LogP contribution in [-0.2, 0) is 20.0 Å². The van der Waals surface area contributed by atoms with Crippen LogP contribution >= 0.6 is 0 Å². The van der Waals surface area contributed by atoms with Crippen molar-refractivity contribution in [3.8, 4) is 0 Å². The summed E-state index contributed by atoms with van der Waals surface area (Å²) in [6.45, 7) is 0.909. The number of rotatable bonds is 10. The molecule has 0 rings (SSSR count). The standard InChI is InChI=1S/2C6H14N4O2.Ca.H2O4S/c2*7-4(5(11)12)2-1-3-10-6(8)9;;1-5(2,3)4/h2*4H,1-3,7H2,(H,11,12)(H4,8,9,10);;(H2,1,2,3,4)/q;;+2;/p-2. The van der Waals surface area contributed by atoms with Crippen molar-refractivity contribution in [3.05, 3.63) is 0 Å². The molecule has 16 nitrogen and oxygen atoms in total. The number of nitrogens with one attached hydrogen (secondary N) is 4. The summed E-state index contributed by atoms with van der Waals surface area (Å²) < 4.78 is 31.6. The zero-order valence-electron chi connectivity index (χ0n) is 16.2. The van der Waals surface area contributed by atoms with E-state index in [9.17, 15) is 19.8 Å². The second kappa shape index (κ2) is 20.8. The number of hydrogen-bond donors (Lipinski definition) is 10. The third-order valence-electron chi connectivity index (χ3n) is 2.62. The molecule has 0 aliphatic carbocycles. The van der Waals surface area contributed by atoms with E-state index < -0.39 is 34.4 Å². The smallest absolute Gasteiger partial charge is 0.548 e. The molecule has 0 bridgehead atoms. The molecular formula is C12H28CaN8O8S. The van der Waals surface area contributed by atoms with Crippen LogP contribution in [0.4, 0.5) is 0 Å². The van der Waals surface area contributed by atoms with E-state index in [0.29, 0.717) is 38.8 Å². The summed E-state index contributed by atoms with van der Waals surface area (Å²) in [6.07, 6.45) is 1.74. The maximum atomic E-state index is 10.1. The van der Waals surface area contributed by atoms with Crippen molar-refractivity contribution in [3.63, 3.8) is 0 Å². The maximum Gasteiger partial charge on any atom is 2.00 e. The molecule has 0 aliphatic rings. The Bertz CT molecular complexity index is 575. The van der Waals surface area contributed by atoms with E-state index in [1.807, 2.05) is 0 Å². The molecule has 0 spiro atoms. The van der Waals surface area contributed by atoms with Crippen molar-refractivity contribution >= 4 is 72.0 Å². The molecule has 0 aromatic rings. The van der Waals surface area contributed by atoms with Crippen LogP contribution in [0.25, 0.3) is 0 Å². The summed E-state index contributed by atoms with van der Waals surface area (Å²) in [4.78, 5) is 20.2. The fraction of sp³-hybridized carbons (Fsp3) is 0.667. The molecule has 0 radical (unpaired) electrons. The van der Waals surface area contributed by atoms with Gasteiger partial charge in [0.25, 0.3) is 0 Å². The molecule has 0 heterocycles. The molecule has 0 saturated heterocycles. The van der Waals surface area contributed by atoms with E-state index in [-0.39, 0.29) is 49.7 Å². The largest absolute Gasteiger partial charge is 2.00 e. The number of carboxylic acid groups (broad SMARTS) is 2.